The number of likely N-dealkylation sites (N-methyl/N-ethyl adjacent to an activating group) is 1. The molecule has 0 spiro atoms. The van der Waals surface area contributed by atoms with E-state index in [0.717, 1.165) is 0 Å². The number of aliphatic hydroxyl groups is 1. The number of ketones is 1. The molecule has 0 unspecified atom stereocenters. The molecule has 7 nitrogen and oxygen atoms in total. The number of benzene rings is 1. The Hall–Kier alpha value is -3.19. The van der Waals surface area contributed by atoms with Crippen LogP contribution in [0, 0.1) is 5.92 Å². The largest absolute Gasteiger partial charge is 0.507 e. The van der Waals surface area contributed by atoms with Gasteiger partial charge in [0.2, 0.25) is 0 Å². The summed E-state index contributed by atoms with van der Waals surface area (Å²) in [4.78, 5) is 33.3. The zero-order chi connectivity index (χ0) is 22.5. The van der Waals surface area contributed by atoms with Crippen LogP contribution in [0.3, 0.4) is 0 Å². The molecule has 31 heavy (non-hydrogen) atoms. The summed E-state index contributed by atoms with van der Waals surface area (Å²) in [6, 6.07) is 9.75. The zero-order valence-electron chi connectivity index (χ0n) is 18.4. The lowest BCUT2D eigenvalue weighted by Gasteiger charge is -2.26. The molecule has 164 valence electrons. The van der Waals surface area contributed by atoms with E-state index in [1.165, 1.54) is 4.90 Å². The van der Waals surface area contributed by atoms with Crippen LogP contribution in [-0.2, 0) is 9.59 Å². The number of aliphatic hydroxyl groups excluding tert-OH is 1. The number of nitrogens with zero attached hydrogens (tertiary/aromatic N) is 3. The molecule has 1 N–H and O–H groups in total. The van der Waals surface area contributed by atoms with Gasteiger partial charge in [-0.2, -0.15) is 0 Å². The molecule has 0 saturated carbocycles. The average molecular weight is 424 g/mol. The normalized spacial score (nSPS) is 18.3. The van der Waals surface area contributed by atoms with Gasteiger partial charge in [0.15, 0.2) is 0 Å². The van der Waals surface area contributed by atoms with Crippen LogP contribution in [0.4, 0.5) is 0 Å². The summed E-state index contributed by atoms with van der Waals surface area (Å²) in [5.41, 5.74) is 1.21. The number of carbonyl (C=O) groups excluding carboxylic acids is 2. The SMILES string of the molecule is CC(C)COc1ccc(/C(O)=C2\C(=O)C(=O)N(CCN(C)C)[C@@H]2c2cccnc2)cc1. The summed E-state index contributed by atoms with van der Waals surface area (Å²) in [5.74, 6) is -0.430. The molecule has 1 fully saturated rings. The first-order valence-corrected chi connectivity index (χ1v) is 10.4. The maximum absolute atomic E-state index is 12.9. The average Bonchev–Trinajstić information content (AvgIpc) is 3.01. The number of likely N-dealkylation sites (tertiary alicyclic amines) is 1. The minimum absolute atomic E-state index is 0.0765. The molecule has 1 aliphatic rings. The minimum atomic E-state index is -0.690. The Morgan fingerprint density at radius 2 is 1.90 bits per heavy atom. The van der Waals surface area contributed by atoms with Crippen LogP contribution in [0.2, 0.25) is 0 Å². The van der Waals surface area contributed by atoms with Gasteiger partial charge in [0.25, 0.3) is 11.7 Å². The third-order valence-corrected chi connectivity index (χ3v) is 5.04. The second-order valence-electron chi connectivity index (χ2n) is 8.31. The van der Waals surface area contributed by atoms with Crippen molar-refractivity contribution in [3.63, 3.8) is 0 Å². The van der Waals surface area contributed by atoms with Crippen LogP contribution in [0.25, 0.3) is 5.76 Å². The predicted molar refractivity (Wildman–Crippen MR) is 119 cm³/mol. The maximum atomic E-state index is 12.9. The molecule has 1 atom stereocenters. The van der Waals surface area contributed by atoms with Crippen LogP contribution >= 0.6 is 0 Å². The summed E-state index contributed by atoms with van der Waals surface area (Å²) in [6.45, 7) is 5.66. The molecule has 2 aromatic rings. The number of hydrogen-bond donors (Lipinski definition) is 1. The summed E-state index contributed by atoms with van der Waals surface area (Å²) in [6.07, 6.45) is 3.25. The number of ether oxygens (including phenoxy) is 1. The van der Waals surface area contributed by atoms with Crippen molar-refractivity contribution < 1.29 is 19.4 Å². The van der Waals surface area contributed by atoms with E-state index in [-0.39, 0.29) is 11.3 Å². The monoisotopic (exact) mass is 423 g/mol. The lowest BCUT2D eigenvalue weighted by molar-refractivity contribution is -0.140. The van der Waals surface area contributed by atoms with Gasteiger partial charge in [-0.05, 0) is 55.9 Å². The van der Waals surface area contributed by atoms with Crippen molar-refractivity contribution in [2.24, 2.45) is 5.92 Å². The molecule has 1 aromatic carbocycles. The molecule has 1 saturated heterocycles. The molecule has 1 amide bonds. The highest BCUT2D eigenvalue weighted by Crippen LogP contribution is 2.39. The summed E-state index contributed by atoms with van der Waals surface area (Å²) >= 11 is 0. The van der Waals surface area contributed by atoms with Crippen molar-refractivity contribution in [2.75, 3.05) is 33.8 Å². The first-order valence-electron chi connectivity index (χ1n) is 10.4. The molecule has 1 aliphatic heterocycles. The van der Waals surface area contributed by atoms with E-state index in [1.54, 1.807) is 42.7 Å². The predicted octanol–water partition coefficient (Wildman–Crippen LogP) is 3.10. The lowest BCUT2D eigenvalue weighted by atomic mass is 9.96. The molecule has 3 rings (SSSR count). The first kappa shape index (κ1) is 22.5. The maximum Gasteiger partial charge on any atom is 0.295 e. The molecule has 1 aromatic heterocycles. The van der Waals surface area contributed by atoms with Gasteiger partial charge >= 0.3 is 0 Å². The summed E-state index contributed by atoms with van der Waals surface area (Å²) in [7, 11) is 3.80. The van der Waals surface area contributed by atoms with Crippen LogP contribution in [-0.4, -0.2) is 65.4 Å². The molecule has 0 bridgehead atoms. The fourth-order valence-electron chi connectivity index (χ4n) is 3.43. The smallest absolute Gasteiger partial charge is 0.295 e. The highest BCUT2D eigenvalue weighted by molar-refractivity contribution is 6.46. The Morgan fingerprint density at radius 1 is 1.19 bits per heavy atom. The highest BCUT2D eigenvalue weighted by Gasteiger charge is 2.45. The number of Topliss-reactive ketones (excluding diaryl/α,β-unsaturated/α-hetero) is 1. The fraction of sp³-hybridized carbons (Fsp3) is 0.375. The van der Waals surface area contributed by atoms with Gasteiger partial charge in [0.1, 0.15) is 11.5 Å². The summed E-state index contributed by atoms with van der Waals surface area (Å²) < 4.78 is 5.69. The Labute approximate surface area is 183 Å². The van der Waals surface area contributed by atoms with E-state index in [9.17, 15) is 14.7 Å². The zero-order valence-corrected chi connectivity index (χ0v) is 18.4. The molecular weight excluding hydrogens is 394 g/mol. The lowest BCUT2D eigenvalue weighted by Crippen LogP contribution is -2.35. The van der Waals surface area contributed by atoms with Crippen LogP contribution in [0.5, 0.6) is 5.75 Å². The van der Waals surface area contributed by atoms with Crippen molar-refractivity contribution in [1.29, 1.82) is 0 Å². The van der Waals surface area contributed by atoms with Gasteiger partial charge in [0, 0.05) is 31.0 Å². The van der Waals surface area contributed by atoms with E-state index in [2.05, 4.69) is 18.8 Å². The van der Waals surface area contributed by atoms with Crippen molar-refractivity contribution >= 4 is 17.4 Å². The number of carbonyl (C=O) groups is 2. The van der Waals surface area contributed by atoms with E-state index >= 15 is 0 Å². The van der Waals surface area contributed by atoms with Crippen molar-refractivity contribution in [3.05, 3.63) is 65.5 Å². The van der Waals surface area contributed by atoms with Crippen molar-refractivity contribution in [1.82, 2.24) is 14.8 Å². The van der Waals surface area contributed by atoms with E-state index in [1.807, 2.05) is 25.1 Å². The van der Waals surface area contributed by atoms with E-state index in [0.29, 0.717) is 42.5 Å². The second kappa shape index (κ2) is 9.75. The van der Waals surface area contributed by atoms with Crippen molar-refractivity contribution in [2.45, 2.75) is 19.9 Å². The number of pyridine rings is 1. The minimum Gasteiger partial charge on any atom is -0.507 e. The van der Waals surface area contributed by atoms with Gasteiger partial charge in [0.05, 0.1) is 18.2 Å². The van der Waals surface area contributed by atoms with E-state index < -0.39 is 17.7 Å². The van der Waals surface area contributed by atoms with Crippen LogP contribution < -0.4 is 4.74 Å². The third kappa shape index (κ3) is 5.11. The Balaban J connectivity index is 2.00. The number of hydrogen-bond acceptors (Lipinski definition) is 6. The Kier molecular flexibility index (Phi) is 7.07. The third-order valence-electron chi connectivity index (χ3n) is 5.04. The van der Waals surface area contributed by atoms with Gasteiger partial charge in [-0.3, -0.25) is 14.6 Å². The highest BCUT2D eigenvalue weighted by atomic mass is 16.5. The van der Waals surface area contributed by atoms with Gasteiger partial charge in [-0.25, -0.2) is 0 Å². The summed E-state index contributed by atoms with van der Waals surface area (Å²) in [5, 5.41) is 11.1. The van der Waals surface area contributed by atoms with Crippen LogP contribution in [0.15, 0.2) is 54.4 Å². The molecular formula is C24H29N3O4. The van der Waals surface area contributed by atoms with Gasteiger partial charge in [-0.15, -0.1) is 0 Å². The fourth-order valence-corrected chi connectivity index (χ4v) is 3.43. The number of rotatable bonds is 8. The Morgan fingerprint density at radius 3 is 2.48 bits per heavy atom. The molecule has 0 radical (unpaired) electrons. The van der Waals surface area contributed by atoms with E-state index in [4.69, 9.17) is 4.74 Å². The van der Waals surface area contributed by atoms with Crippen LogP contribution in [0.1, 0.15) is 31.0 Å². The molecule has 7 heteroatoms. The van der Waals surface area contributed by atoms with Gasteiger partial charge in [-0.1, -0.05) is 19.9 Å². The standard InChI is InChI=1S/C24H29N3O4/c1-16(2)15-31-19-9-7-17(8-10-19)22(28)20-21(18-6-5-11-25-14-18)27(13-12-26(3)4)24(30)23(20)29/h5-11,14,16,21,28H,12-13,15H2,1-4H3/b22-20+/t21-/m1/s1. The first-order chi connectivity index (χ1) is 14.8. The molecule has 0 aliphatic carbocycles. The Bertz CT molecular complexity index is 953. The second-order valence-corrected chi connectivity index (χ2v) is 8.31. The number of amides is 1. The molecule has 2 heterocycles. The van der Waals surface area contributed by atoms with Crippen molar-refractivity contribution in [3.8, 4) is 5.75 Å². The quantitative estimate of drug-likeness (QED) is 0.399. The topological polar surface area (TPSA) is 83.0 Å². The number of aromatic nitrogens is 1. The van der Waals surface area contributed by atoms with Gasteiger partial charge < -0.3 is 19.6 Å².